The average molecular weight is 401 g/mol. The van der Waals surface area contributed by atoms with Crippen LogP contribution < -0.4 is 4.74 Å². The summed E-state index contributed by atoms with van der Waals surface area (Å²) in [4.78, 5) is 13.2. The van der Waals surface area contributed by atoms with Gasteiger partial charge in [-0.2, -0.15) is 18.2 Å². The van der Waals surface area contributed by atoms with Gasteiger partial charge in [0.2, 0.25) is 5.88 Å². The Morgan fingerprint density at radius 2 is 1.72 bits per heavy atom. The Morgan fingerprint density at radius 3 is 2.41 bits per heavy atom. The van der Waals surface area contributed by atoms with Crippen molar-refractivity contribution in [3.8, 4) is 11.6 Å². The van der Waals surface area contributed by atoms with Gasteiger partial charge in [0.1, 0.15) is 5.69 Å². The summed E-state index contributed by atoms with van der Waals surface area (Å²) in [6.45, 7) is 1.84. The summed E-state index contributed by atoms with van der Waals surface area (Å²) in [5.41, 5.74) is 1.76. The van der Waals surface area contributed by atoms with E-state index in [9.17, 15) is 17.6 Å². The molecule has 0 amide bonds. The third kappa shape index (κ3) is 4.11. The number of halogens is 4. The van der Waals surface area contributed by atoms with Gasteiger partial charge in [0, 0.05) is 18.6 Å². The van der Waals surface area contributed by atoms with Crippen LogP contribution >= 0.6 is 0 Å². The summed E-state index contributed by atoms with van der Waals surface area (Å²) in [5.74, 6) is -0.0960. The van der Waals surface area contributed by atoms with Crippen molar-refractivity contribution in [1.82, 2.24) is 9.97 Å². The maximum Gasteiger partial charge on any atom is 0.416 e. The topological polar surface area (TPSA) is 47.4 Å². The van der Waals surface area contributed by atoms with Gasteiger partial charge in [0.05, 0.1) is 11.3 Å². The summed E-state index contributed by atoms with van der Waals surface area (Å²) in [7, 11) is 0. The Morgan fingerprint density at radius 1 is 1.00 bits per heavy atom. The summed E-state index contributed by atoms with van der Waals surface area (Å²) < 4.78 is 58.0. The van der Waals surface area contributed by atoms with Crippen LogP contribution in [0.2, 0.25) is 0 Å². The molecule has 3 aromatic rings. The van der Waals surface area contributed by atoms with E-state index in [-0.39, 0.29) is 18.1 Å². The Kier molecular flexibility index (Phi) is 4.77. The molecule has 1 aromatic heterocycles. The minimum absolute atomic E-state index is 0.0193. The predicted molar refractivity (Wildman–Crippen MR) is 99.2 cm³/mol. The quantitative estimate of drug-likeness (QED) is 0.530. The lowest BCUT2D eigenvalue weighted by Crippen LogP contribution is -2.06. The number of fused-ring (bicyclic) bond motifs is 1. The first-order valence-electron chi connectivity index (χ1n) is 8.82. The Labute approximate surface area is 163 Å². The number of aromatic nitrogens is 2. The molecule has 2 heterocycles. The second-order valence-electron chi connectivity index (χ2n) is 6.67. The van der Waals surface area contributed by atoms with Gasteiger partial charge in [-0.05, 0) is 36.8 Å². The number of benzene rings is 2. The minimum Gasteiger partial charge on any atom is -0.434 e. The zero-order chi connectivity index (χ0) is 20.6. The second-order valence-corrected chi connectivity index (χ2v) is 6.67. The molecule has 4 rings (SSSR count). The van der Waals surface area contributed by atoms with E-state index in [4.69, 9.17) is 4.74 Å². The van der Waals surface area contributed by atoms with Gasteiger partial charge in [-0.3, -0.25) is 0 Å². The molecule has 0 unspecified atom stereocenters. The van der Waals surface area contributed by atoms with E-state index in [1.807, 2.05) is 6.92 Å². The molecule has 1 aliphatic rings. The molecule has 0 aliphatic carbocycles. The van der Waals surface area contributed by atoms with Crippen LogP contribution in [0, 0.1) is 5.82 Å². The molecular formula is C21H15F4N3O. The first-order chi connectivity index (χ1) is 13.8. The zero-order valence-electron chi connectivity index (χ0n) is 15.3. The molecule has 0 saturated carbocycles. The molecule has 0 spiro atoms. The lowest BCUT2D eigenvalue weighted by Gasteiger charge is -2.12. The molecule has 8 heteroatoms. The third-order valence-electron chi connectivity index (χ3n) is 4.40. The minimum atomic E-state index is -4.40. The molecular weight excluding hydrogens is 386 g/mol. The Balaban J connectivity index is 1.69. The molecule has 0 N–H and O–H groups in total. The van der Waals surface area contributed by atoms with Crippen LogP contribution in [0.25, 0.3) is 0 Å². The average Bonchev–Trinajstić information content (AvgIpc) is 3.02. The van der Waals surface area contributed by atoms with Gasteiger partial charge in [0.15, 0.2) is 17.4 Å². The molecule has 4 nitrogen and oxygen atoms in total. The van der Waals surface area contributed by atoms with Crippen molar-refractivity contribution in [2.45, 2.75) is 25.9 Å². The highest BCUT2D eigenvalue weighted by molar-refractivity contribution is 5.90. The van der Waals surface area contributed by atoms with Crippen LogP contribution in [0.5, 0.6) is 11.6 Å². The second kappa shape index (κ2) is 7.27. The molecule has 2 aromatic carbocycles. The maximum absolute atomic E-state index is 14.0. The molecule has 0 atom stereocenters. The third-order valence-corrected chi connectivity index (χ3v) is 4.40. The number of alkyl halides is 3. The lowest BCUT2D eigenvalue weighted by atomic mass is 10.1. The molecule has 0 fully saturated rings. The maximum atomic E-state index is 14.0. The van der Waals surface area contributed by atoms with E-state index >= 15 is 0 Å². The monoisotopic (exact) mass is 401 g/mol. The van der Waals surface area contributed by atoms with Crippen molar-refractivity contribution in [1.29, 1.82) is 0 Å². The highest BCUT2D eigenvalue weighted by atomic mass is 19.4. The summed E-state index contributed by atoms with van der Waals surface area (Å²) in [5, 5.41) is 0. The standard InChI is InChI=1S/C21H15F4N3O/c1-12-10-16-19(26-12)28-20(29-18-5-3-2-4-15(18)22)17(27-16)11-13-6-8-14(9-7-13)21(23,24)25/h2-9H,10-11H2,1H3. The summed E-state index contributed by atoms with van der Waals surface area (Å²) >= 11 is 0. The van der Waals surface area contributed by atoms with Crippen LogP contribution in [0.1, 0.15) is 29.4 Å². The van der Waals surface area contributed by atoms with E-state index in [0.717, 1.165) is 17.8 Å². The first-order valence-corrected chi connectivity index (χ1v) is 8.82. The number of rotatable bonds is 4. The molecule has 1 aliphatic heterocycles. The van der Waals surface area contributed by atoms with Crippen molar-refractivity contribution < 1.29 is 22.3 Å². The molecule has 29 heavy (non-hydrogen) atoms. The van der Waals surface area contributed by atoms with Crippen molar-refractivity contribution in [3.05, 3.63) is 76.9 Å². The Bertz CT molecular complexity index is 1090. The van der Waals surface area contributed by atoms with Crippen LogP contribution in [0.3, 0.4) is 0 Å². The smallest absolute Gasteiger partial charge is 0.416 e. The molecule has 148 valence electrons. The summed E-state index contributed by atoms with van der Waals surface area (Å²) in [6.07, 6.45) is -3.69. The van der Waals surface area contributed by atoms with E-state index in [2.05, 4.69) is 15.0 Å². The zero-order valence-corrected chi connectivity index (χ0v) is 15.3. The fourth-order valence-electron chi connectivity index (χ4n) is 2.99. The van der Waals surface area contributed by atoms with Gasteiger partial charge in [-0.15, -0.1) is 0 Å². The van der Waals surface area contributed by atoms with Crippen molar-refractivity contribution >= 4 is 11.5 Å². The number of nitrogens with zero attached hydrogens (tertiary/aromatic N) is 3. The van der Waals surface area contributed by atoms with Crippen molar-refractivity contribution in [2.75, 3.05) is 0 Å². The molecule has 0 radical (unpaired) electrons. The van der Waals surface area contributed by atoms with Crippen LogP contribution in [-0.2, 0) is 19.0 Å². The van der Waals surface area contributed by atoms with E-state index in [0.29, 0.717) is 29.2 Å². The summed E-state index contributed by atoms with van der Waals surface area (Å²) in [6, 6.07) is 10.7. The normalized spacial score (nSPS) is 13.2. The van der Waals surface area contributed by atoms with Crippen LogP contribution in [0.4, 0.5) is 23.4 Å². The fraction of sp³-hybridized carbons (Fsp3) is 0.190. The van der Waals surface area contributed by atoms with Crippen molar-refractivity contribution in [3.63, 3.8) is 0 Å². The van der Waals surface area contributed by atoms with Gasteiger partial charge < -0.3 is 4.74 Å². The number of hydrogen-bond acceptors (Lipinski definition) is 4. The molecule has 0 saturated heterocycles. The van der Waals surface area contributed by atoms with Gasteiger partial charge >= 0.3 is 6.18 Å². The number of ether oxygens (including phenoxy) is 1. The van der Waals surface area contributed by atoms with E-state index in [1.165, 1.54) is 30.3 Å². The van der Waals surface area contributed by atoms with Crippen molar-refractivity contribution in [2.24, 2.45) is 4.99 Å². The number of para-hydroxylation sites is 1. The van der Waals surface area contributed by atoms with E-state index in [1.54, 1.807) is 6.07 Å². The fourth-order valence-corrected chi connectivity index (χ4v) is 2.99. The largest absolute Gasteiger partial charge is 0.434 e. The number of hydrogen-bond donors (Lipinski definition) is 0. The molecule has 0 bridgehead atoms. The van der Waals surface area contributed by atoms with Gasteiger partial charge in [-0.1, -0.05) is 24.3 Å². The highest BCUT2D eigenvalue weighted by Gasteiger charge is 2.30. The first kappa shape index (κ1) is 19.0. The van der Waals surface area contributed by atoms with Gasteiger partial charge in [-0.25, -0.2) is 14.4 Å². The van der Waals surface area contributed by atoms with E-state index < -0.39 is 17.6 Å². The Hall–Kier alpha value is -3.29. The number of aliphatic imine (C=N–C) groups is 1. The van der Waals surface area contributed by atoms with Crippen LogP contribution in [0.15, 0.2) is 53.5 Å². The highest BCUT2D eigenvalue weighted by Crippen LogP contribution is 2.33. The van der Waals surface area contributed by atoms with Crippen LogP contribution in [-0.4, -0.2) is 15.7 Å². The lowest BCUT2D eigenvalue weighted by molar-refractivity contribution is -0.137. The van der Waals surface area contributed by atoms with Gasteiger partial charge in [0.25, 0.3) is 0 Å². The predicted octanol–water partition coefficient (Wildman–Crippen LogP) is 5.67. The SMILES string of the molecule is CC1=Nc2nc(Oc3ccccc3F)c(Cc3ccc(C(F)(F)F)cc3)nc2C1.